The summed E-state index contributed by atoms with van der Waals surface area (Å²) < 4.78 is 0.891. The Labute approximate surface area is 111 Å². The minimum Gasteiger partial charge on any atom is -0.333 e. The first kappa shape index (κ1) is 12.0. The van der Waals surface area contributed by atoms with Crippen LogP contribution < -0.4 is 0 Å². The lowest BCUT2D eigenvalue weighted by atomic mass is 10.2. The van der Waals surface area contributed by atoms with Gasteiger partial charge in [-0.2, -0.15) is 0 Å². The highest BCUT2D eigenvalue weighted by atomic mass is 79.9. The SMILES string of the molecule is O=C(c1ccc(Br)cn1)N1CCCC1CBr. The van der Waals surface area contributed by atoms with Crippen LogP contribution in [0.25, 0.3) is 0 Å². The first-order valence-electron chi connectivity index (χ1n) is 5.21. The van der Waals surface area contributed by atoms with Crippen molar-refractivity contribution >= 4 is 37.8 Å². The lowest BCUT2D eigenvalue weighted by molar-refractivity contribution is 0.0744. The number of aromatic nitrogens is 1. The Bertz CT molecular complexity index is 380. The number of pyridine rings is 1. The molecule has 0 aliphatic carbocycles. The summed E-state index contributed by atoms with van der Waals surface area (Å²) in [4.78, 5) is 18.2. The monoisotopic (exact) mass is 346 g/mol. The smallest absolute Gasteiger partial charge is 0.272 e. The lowest BCUT2D eigenvalue weighted by Crippen LogP contribution is -2.36. The van der Waals surface area contributed by atoms with E-state index < -0.39 is 0 Å². The van der Waals surface area contributed by atoms with E-state index in [9.17, 15) is 4.79 Å². The van der Waals surface area contributed by atoms with Crippen molar-refractivity contribution in [3.05, 3.63) is 28.5 Å². The molecular formula is C11H12Br2N2O. The van der Waals surface area contributed by atoms with Gasteiger partial charge >= 0.3 is 0 Å². The largest absolute Gasteiger partial charge is 0.333 e. The fourth-order valence-corrected chi connectivity index (χ4v) is 2.82. The second-order valence-electron chi connectivity index (χ2n) is 3.81. The Morgan fingerprint density at radius 2 is 2.38 bits per heavy atom. The molecular weight excluding hydrogens is 336 g/mol. The van der Waals surface area contributed by atoms with Crippen LogP contribution >= 0.6 is 31.9 Å². The van der Waals surface area contributed by atoms with E-state index in [4.69, 9.17) is 0 Å². The van der Waals surface area contributed by atoms with Crippen LogP contribution in [0.5, 0.6) is 0 Å². The maximum atomic E-state index is 12.2. The molecule has 1 saturated heterocycles. The Kier molecular flexibility index (Phi) is 3.97. The number of nitrogens with zero attached hydrogens (tertiary/aromatic N) is 2. The number of likely N-dealkylation sites (tertiary alicyclic amines) is 1. The molecule has 3 nitrogen and oxygen atoms in total. The lowest BCUT2D eigenvalue weighted by Gasteiger charge is -2.22. The van der Waals surface area contributed by atoms with Crippen LogP contribution in [0.2, 0.25) is 0 Å². The third-order valence-corrected chi connectivity index (χ3v) is 3.98. The zero-order chi connectivity index (χ0) is 11.5. The molecule has 5 heteroatoms. The van der Waals surface area contributed by atoms with E-state index in [0.717, 1.165) is 29.2 Å². The molecule has 1 aliphatic rings. The molecule has 1 aliphatic heterocycles. The number of alkyl halides is 1. The van der Waals surface area contributed by atoms with Gasteiger partial charge in [0.15, 0.2) is 0 Å². The van der Waals surface area contributed by atoms with Gasteiger partial charge in [-0.15, -0.1) is 0 Å². The summed E-state index contributed by atoms with van der Waals surface area (Å²) in [6.45, 7) is 0.840. The third-order valence-electron chi connectivity index (χ3n) is 2.76. The predicted molar refractivity (Wildman–Crippen MR) is 69.8 cm³/mol. The second-order valence-corrected chi connectivity index (χ2v) is 5.37. The van der Waals surface area contributed by atoms with Crippen LogP contribution in [0.3, 0.4) is 0 Å². The van der Waals surface area contributed by atoms with Crippen molar-refractivity contribution in [2.75, 3.05) is 11.9 Å². The van der Waals surface area contributed by atoms with Crippen molar-refractivity contribution in [2.45, 2.75) is 18.9 Å². The molecule has 86 valence electrons. The maximum Gasteiger partial charge on any atom is 0.272 e. The third kappa shape index (κ3) is 2.46. The molecule has 0 spiro atoms. The van der Waals surface area contributed by atoms with Crippen molar-refractivity contribution in [3.63, 3.8) is 0 Å². The van der Waals surface area contributed by atoms with Crippen molar-refractivity contribution in [3.8, 4) is 0 Å². The van der Waals surface area contributed by atoms with Gasteiger partial charge in [0, 0.05) is 28.6 Å². The minimum absolute atomic E-state index is 0.0365. The van der Waals surface area contributed by atoms with Gasteiger partial charge in [0.25, 0.3) is 5.91 Å². The highest BCUT2D eigenvalue weighted by Crippen LogP contribution is 2.21. The summed E-state index contributed by atoms with van der Waals surface area (Å²) in [6.07, 6.45) is 3.82. The topological polar surface area (TPSA) is 33.2 Å². The van der Waals surface area contributed by atoms with Crippen molar-refractivity contribution in [2.24, 2.45) is 0 Å². The van der Waals surface area contributed by atoms with Crippen molar-refractivity contribution < 1.29 is 4.79 Å². The van der Waals surface area contributed by atoms with E-state index in [2.05, 4.69) is 36.8 Å². The number of carbonyl (C=O) groups is 1. The van der Waals surface area contributed by atoms with Crippen molar-refractivity contribution in [1.29, 1.82) is 0 Å². The van der Waals surface area contributed by atoms with Crippen molar-refractivity contribution in [1.82, 2.24) is 9.88 Å². The average molecular weight is 348 g/mol. The Balaban J connectivity index is 2.15. The van der Waals surface area contributed by atoms with E-state index in [1.165, 1.54) is 0 Å². The summed E-state index contributed by atoms with van der Waals surface area (Å²) in [6, 6.07) is 3.92. The molecule has 1 aromatic heterocycles. The van der Waals surface area contributed by atoms with E-state index in [0.29, 0.717) is 11.7 Å². The van der Waals surface area contributed by atoms with Crippen LogP contribution in [-0.4, -0.2) is 33.7 Å². The molecule has 0 saturated carbocycles. The second kappa shape index (κ2) is 5.27. The molecule has 2 heterocycles. The van der Waals surface area contributed by atoms with Gasteiger partial charge in [-0.1, -0.05) is 15.9 Å². The normalized spacial score (nSPS) is 20.1. The zero-order valence-electron chi connectivity index (χ0n) is 8.70. The molecule has 1 aromatic rings. The fraction of sp³-hybridized carbons (Fsp3) is 0.455. The fourth-order valence-electron chi connectivity index (χ4n) is 1.91. The average Bonchev–Trinajstić information content (AvgIpc) is 2.77. The van der Waals surface area contributed by atoms with Gasteiger partial charge in [-0.05, 0) is 40.9 Å². The Hall–Kier alpha value is -0.420. The summed E-state index contributed by atoms with van der Waals surface area (Å²) in [5.41, 5.74) is 0.524. The van der Waals surface area contributed by atoms with E-state index >= 15 is 0 Å². The van der Waals surface area contributed by atoms with Crippen LogP contribution in [0.15, 0.2) is 22.8 Å². The number of hydrogen-bond acceptors (Lipinski definition) is 2. The summed E-state index contributed by atoms with van der Waals surface area (Å²) in [5, 5.41) is 0.843. The molecule has 0 radical (unpaired) electrons. The van der Waals surface area contributed by atoms with Gasteiger partial charge in [0.2, 0.25) is 0 Å². The molecule has 0 N–H and O–H groups in total. The molecule has 16 heavy (non-hydrogen) atoms. The molecule has 1 amide bonds. The van der Waals surface area contributed by atoms with Crippen LogP contribution in [0.1, 0.15) is 23.3 Å². The van der Waals surface area contributed by atoms with Gasteiger partial charge < -0.3 is 4.90 Å². The Morgan fingerprint density at radius 3 is 3.00 bits per heavy atom. The first-order valence-corrected chi connectivity index (χ1v) is 7.12. The molecule has 0 aromatic carbocycles. The van der Waals surface area contributed by atoms with Gasteiger partial charge in [0.1, 0.15) is 5.69 Å². The van der Waals surface area contributed by atoms with Crippen LogP contribution in [0.4, 0.5) is 0 Å². The predicted octanol–water partition coefficient (Wildman–Crippen LogP) is 2.84. The standard InChI is InChI=1S/C11H12Br2N2O/c12-6-9-2-1-5-15(9)11(16)10-4-3-8(13)7-14-10/h3-4,7,9H,1-2,5-6H2. The van der Waals surface area contributed by atoms with Crippen LogP contribution in [0, 0.1) is 0 Å². The molecule has 0 bridgehead atoms. The number of amides is 1. The van der Waals surface area contributed by atoms with Gasteiger partial charge in [-0.3, -0.25) is 4.79 Å². The highest BCUT2D eigenvalue weighted by Gasteiger charge is 2.28. The van der Waals surface area contributed by atoms with E-state index in [-0.39, 0.29) is 5.91 Å². The summed E-state index contributed by atoms with van der Waals surface area (Å²) in [5.74, 6) is 0.0365. The first-order chi connectivity index (χ1) is 7.72. The number of rotatable bonds is 2. The molecule has 1 unspecified atom stereocenters. The molecule has 1 fully saturated rings. The molecule has 2 rings (SSSR count). The number of carbonyl (C=O) groups excluding carboxylic acids is 1. The Morgan fingerprint density at radius 1 is 1.56 bits per heavy atom. The number of halogens is 2. The summed E-state index contributed by atoms with van der Waals surface area (Å²) in [7, 11) is 0. The summed E-state index contributed by atoms with van der Waals surface area (Å²) >= 11 is 6.76. The molecule has 1 atom stereocenters. The highest BCUT2D eigenvalue weighted by molar-refractivity contribution is 9.10. The van der Waals surface area contributed by atoms with Crippen LogP contribution in [-0.2, 0) is 0 Å². The van der Waals surface area contributed by atoms with Gasteiger partial charge in [0.05, 0.1) is 0 Å². The maximum absolute atomic E-state index is 12.2. The minimum atomic E-state index is 0.0365. The van der Waals surface area contributed by atoms with E-state index in [1.54, 1.807) is 12.3 Å². The van der Waals surface area contributed by atoms with E-state index in [1.807, 2.05) is 11.0 Å². The van der Waals surface area contributed by atoms with Gasteiger partial charge in [-0.25, -0.2) is 4.98 Å². The zero-order valence-corrected chi connectivity index (χ0v) is 11.9. The quantitative estimate of drug-likeness (QED) is 0.771. The number of hydrogen-bond donors (Lipinski definition) is 0.